The van der Waals surface area contributed by atoms with Crippen LogP contribution in [0.5, 0.6) is 0 Å². The van der Waals surface area contributed by atoms with Crippen molar-refractivity contribution in [3.63, 3.8) is 0 Å². The van der Waals surface area contributed by atoms with Gasteiger partial charge in [-0.05, 0) is 49.6 Å². The highest BCUT2D eigenvalue weighted by Gasteiger charge is 2.17. The van der Waals surface area contributed by atoms with Crippen molar-refractivity contribution in [3.05, 3.63) is 70.0 Å². The number of imidazole rings is 1. The zero-order valence-electron chi connectivity index (χ0n) is 15.4. The van der Waals surface area contributed by atoms with E-state index in [9.17, 15) is 13.2 Å². The molecule has 0 radical (unpaired) electrons. The summed E-state index contributed by atoms with van der Waals surface area (Å²) in [5.41, 5.74) is 2.33. The van der Waals surface area contributed by atoms with Crippen LogP contribution < -0.4 is 10.3 Å². The fourth-order valence-electron chi connectivity index (χ4n) is 2.72. The van der Waals surface area contributed by atoms with Crippen LogP contribution >= 0.6 is 0 Å². The van der Waals surface area contributed by atoms with E-state index in [-0.39, 0.29) is 23.5 Å². The average molecular weight is 387 g/mol. The number of rotatable bonds is 6. The topological polar surface area (TPSA) is 98.9 Å². The van der Waals surface area contributed by atoms with Crippen molar-refractivity contribution in [1.82, 2.24) is 24.1 Å². The lowest BCUT2D eigenvalue weighted by atomic mass is 10.1. The van der Waals surface area contributed by atoms with E-state index in [1.807, 2.05) is 19.9 Å². The predicted molar refractivity (Wildman–Crippen MR) is 101 cm³/mol. The molecule has 2 heterocycles. The van der Waals surface area contributed by atoms with E-state index in [0.29, 0.717) is 11.4 Å². The molecule has 142 valence electrons. The van der Waals surface area contributed by atoms with Crippen molar-refractivity contribution in [2.45, 2.75) is 32.2 Å². The molecule has 0 unspecified atom stereocenters. The van der Waals surface area contributed by atoms with Crippen molar-refractivity contribution in [1.29, 1.82) is 0 Å². The molecule has 0 bridgehead atoms. The molecule has 0 aliphatic heterocycles. The van der Waals surface area contributed by atoms with Gasteiger partial charge in [0, 0.05) is 25.0 Å². The Balaban J connectivity index is 1.75. The first kappa shape index (κ1) is 19.0. The minimum atomic E-state index is -3.67. The Bertz CT molecular complexity index is 1120. The highest BCUT2D eigenvalue weighted by Crippen LogP contribution is 2.19. The van der Waals surface area contributed by atoms with Gasteiger partial charge in [-0.25, -0.2) is 22.8 Å². The minimum Gasteiger partial charge on any atom is -0.289 e. The summed E-state index contributed by atoms with van der Waals surface area (Å²) in [6.45, 7) is 5.75. The SMILES string of the molecule is Cc1cc(C)c(S(=O)(=O)NCCn2nc(-n3ccnc3)ccc2=O)cc1C. The van der Waals surface area contributed by atoms with Crippen LogP contribution in [-0.2, 0) is 16.6 Å². The lowest BCUT2D eigenvalue weighted by Gasteiger charge is -2.12. The Morgan fingerprint density at radius 2 is 1.81 bits per heavy atom. The van der Waals surface area contributed by atoms with Crippen LogP contribution in [0.4, 0.5) is 0 Å². The first-order valence-corrected chi connectivity index (χ1v) is 9.90. The average Bonchev–Trinajstić information content (AvgIpc) is 3.14. The summed E-state index contributed by atoms with van der Waals surface area (Å²) in [4.78, 5) is 16.2. The number of hydrogen-bond donors (Lipinski definition) is 1. The Labute approximate surface area is 157 Å². The van der Waals surface area contributed by atoms with E-state index in [4.69, 9.17) is 0 Å². The third-order valence-electron chi connectivity index (χ3n) is 4.32. The Morgan fingerprint density at radius 3 is 2.52 bits per heavy atom. The fraction of sp³-hybridized carbons (Fsp3) is 0.278. The second-order valence-electron chi connectivity index (χ2n) is 6.32. The van der Waals surface area contributed by atoms with Crippen LogP contribution in [-0.4, -0.2) is 34.3 Å². The highest BCUT2D eigenvalue weighted by molar-refractivity contribution is 7.89. The van der Waals surface area contributed by atoms with Crippen LogP contribution in [0.15, 0.2) is 52.7 Å². The zero-order valence-corrected chi connectivity index (χ0v) is 16.2. The normalized spacial score (nSPS) is 11.7. The van der Waals surface area contributed by atoms with E-state index in [0.717, 1.165) is 11.1 Å². The maximum Gasteiger partial charge on any atom is 0.266 e. The van der Waals surface area contributed by atoms with Crippen LogP contribution in [0.1, 0.15) is 16.7 Å². The molecular formula is C18H21N5O3S. The van der Waals surface area contributed by atoms with Gasteiger partial charge in [-0.3, -0.25) is 9.36 Å². The summed E-state index contributed by atoms with van der Waals surface area (Å²) < 4.78 is 30.7. The van der Waals surface area contributed by atoms with Gasteiger partial charge in [-0.1, -0.05) is 6.07 Å². The number of aryl methyl sites for hydroxylation is 3. The molecule has 0 fully saturated rings. The van der Waals surface area contributed by atoms with Crippen LogP contribution in [0.2, 0.25) is 0 Å². The van der Waals surface area contributed by atoms with Gasteiger partial charge >= 0.3 is 0 Å². The number of benzene rings is 1. The van der Waals surface area contributed by atoms with Crippen LogP contribution in [0, 0.1) is 20.8 Å². The molecule has 0 aliphatic carbocycles. The Morgan fingerprint density at radius 1 is 1.07 bits per heavy atom. The molecule has 0 atom stereocenters. The molecule has 9 heteroatoms. The summed E-state index contributed by atoms with van der Waals surface area (Å²) in [5, 5.41) is 4.24. The van der Waals surface area contributed by atoms with Crippen molar-refractivity contribution >= 4 is 10.0 Å². The molecule has 0 spiro atoms. The summed E-state index contributed by atoms with van der Waals surface area (Å²) in [5.74, 6) is 0.528. The van der Waals surface area contributed by atoms with Crippen molar-refractivity contribution < 1.29 is 8.42 Å². The smallest absolute Gasteiger partial charge is 0.266 e. The summed E-state index contributed by atoms with van der Waals surface area (Å²) in [6.07, 6.45) is 4.89. The van der Waals surface area contributed by atoms with Crippen LogP contribution in [0.3, 0.4) is 0 Å². The Kier molecular flexibility index (Phi) is 5.24. The van der Waals surface area contributed by atoms with Crippen molar-refractivity contribution in [2.24, 2.45) is 0 Å². The van der Waals surface area contributed by atoms with Gasteiger partial charge in [0.2, 0.25) is 10.0 Å². The third kappa shape index (κ3) is 4.15. The van der Waals surface area contributed by atoms with Gasteiger partial charge in [-0.15, -0.1) is 0 Å². The van der Waals surface area contributed by atoms with E-state index >= 15 is 0 Å². The minimum absolute atomic E-state index is 0.0506. The van der Waals surface area contributed by atoms with E-state index in [2.05, 4.69) is 14.8 Å². The molecule has 8 nitrogen and oxygen atoms in total. The van der Waals surface area contributed by atoms with Gasteiger partial charge in [0.1, 0.15) is 6.33 Å². The zero-order chi connectivity index (χ0) is 19.6. The maximum absolute atomic E-state index is 12.6. The van der Waals surface area contributed by atoms with Gasteiger partial charge in [0.15, 0.2) is 5.82 Å². The number of sulfonamides is 1. The quantitative estimate of drug-likeness (QED) is 0.688. The monoisotopic (exact) mass is 387 g/mol. The molecule has 1 N–H and O–H groups in total. The van der Waals surface area contributed by atoms with E-state index in [1.54, 1.807) is 42.3 Å². The second-order valence-corrected chi connectivity index (χ2v) is 8.06. The number of nitrogens with zero attached hydrogens (tertiary/aromatic N) is 4. The summed E-state index contributed by atoms with van der Waals surface area (Å²) in [7, 11) is -3.67. The largest absolute Gasteiger partial charge is 0.289 e. The van der Waals surface area contributed by atoms with Gasteiger partial charge < -0.3 is 0 Å². The molecule has 0 aliphatic rings. The molecule has 3 rings (SSSR count). The van der Waals surface area contributed by atoms with Gasteiger partial charge in [-0.2, -0.15) is 5.10 Å². The number of nitrogens with one attached hydrogen (secondary N) is 1. The fourth-order valence-corrected chi connectivity index (χ4v) is 4.05. The summed E-state index contributed by atoms with van der Waals surface area (Å²) in [6, 6.07) is 6.50. The van der Waals surface area contributed by atoms with Crippen molar-refractivity contribution in [2.75, 3.05) is 6.54 Å². The third-order valence-corrected chi connectivity index (χ3v) is 5.92. The first-order chi connectivity index (χ1) is 12.8. The predicted octanol–water partition coefficient (Wildman–Crippen LogP) is 1.33. The summed E-state index contributed by atoms with van der Waals surface area (Å²) >= 11 is 0. The molecule has 0 saturated carbocycles. The van der Waals surface area contributed by atoms with Crippen LogP contribution in [0.25, 0.3) is 5.82 Å². The first-order valence-electron chi connectivity index (χ1n) is 8.42. The molecule has 3 aromatic rings. The van der Waals surface area contributed by atoms with Gasteiger partial charge in [0.05, 0.1) is 11.4 Å². The molecular weight excluding hydrogens is 366 g/mol. The molecule has 27 heavy (non-hydrogen) atoms. The Hall–Kier alpha value is -2.78. The standard InChI is InChI=1S/C18H21N5O3S/c1-13-10-15(3)16(11-14(13)2)27(25,26)20-7-9-23-18(24)5-4-17(21-23)22-8-6-19-12-22/h4-6,8,10-12,20H,7,9H2,1-3H3. The highest BCUT2D eigenvalue weighted by atomic mass is 32.2. The maximum atomic E-state index is 12.6. The number of hydrogen-bond acceptors (Lipinski definition) is 5. The number of aromatic nitrogens is 4. The lowest BCUT2D eigenvalue weighted by Crippen LogP contribution is -2.32. The second kappa shape index (κ2) is 7.45. The molecule has 0 amide bonds. The lowest BCUT2D eigenvalue weighted by molar-refractivity contribution is 0.544. The molecule has 2 aromatic heterocycles. The molecule has 0 saturated heterocycles. The van der Waals surface area contributed by atoms with Crippen molar-refractivity contribution in [3.8, 4) is 5.82 Å². The van der Waals surface area contributed by atoms with E-state index < -0.39 is 10.0 Å². The van der Waals surface area contributed by atoms with Gasteiger partial charge in [0.25, 0.3) is 5.56 Å². The molecule has 1 aromatic carbocycles. The van der Waals surface area contributed by atoms with E-state index in [1.165, 1.54) is 10.7 Å².